The molecule has 0 unspecified atom stereocenters. The van der Waals surface area contributed by atoms with Crippen LogP contribution < -0.4 is 10.6 Å². The van der Waals surface area contributed by atoms with Crippen LogP contribution in [0.5, 0.6) is 0 Å². The van der Waals surface area contributed by atoms with E-state index in [1.807, 2.05) is 0 Å². The molecule has 4 nitrogen and oxygen atoms in total. The van der Waals surface area contributed by atoms with Crippen LogP contribution in [0.1, 0.15) is 24.3 Å². The highest BCUT2D eigenvalue weighted by atomic mass is 32.1. The van der Waals surface area contributed by atoms with Gasteiger partial charge in [0.2, 0.25) is 10.3 Å². The van der Waals surface area contributed by atoms with Gasteiger partial charge in [0.05, 0.1) is 0 Å². The molecule has 1 aliphatic heterocycles. The van der Waals surface area contributed by atoms with E-state index in [1.165, 1.54) is 29.7 Å². The van der Waals surface area contributed by atoms with Gasteiger partial charge in [-0.05, 0) is 24.3 Å². The van der Waals surface area contributed by atoms with Gasteiger partial charge in [-0.2, -0.15) is 0 Å². The average molecular weight is 260 g/mol. The number of nitrogen functional groups attached to an aromatic ring is 1. The fourth-order valence-electron chi connectivity index (χ4n) is 2.48. The SMILES string of the molecule is Nc1nnc(N2CCC(c3ccccc3)CC2)s1. The minimum absolute atomic E-state index is 0.551. The van der Waals surface area contributed by atoms with Gasteiger partial charge in [-0.1, -0.05) is 41.7 Å². The number of piperidine rings is 1. The van der Waals surface area contributed by atoms with Gasteiger partial charge in [-0.3, -0.25) is 0 Å². The largest absolute Gasteiger partial charge is 0.374 e. The Morgan fingerprint density at radius 1 is 1.11 bits per heavy atom. The molecular weight excluding hydrogens is 244 g/mol. The molecule has 0 bridgehead atoms. The third kappa shape index (κ3) is 2.31. The summed E-state index contributed by atoms with van der Waals surface area (Å²) >= 11 is 1.47. The predicted octanol–water partition coefficient (Wildman–Crippen LogP) is 2.50. The first kappa shape index (κ1) is 11.5. The highest BCUT2D eigenvalue weighted by Gasteiger charge is 2.22. The maximum Gasteiger partial charge on any atom is 0.209 e. The lowest BCUT2D eigenvalue weighted by Crippen LogP contribution is -2.32. The van der Waals surface area contributed by atoms with Gasteiger partial charge in [0.25, 0.3) is 0 Å². The van der Waals surface area contributed by atoms with E-state index in [1.54, 1.807) is 0 Å². The normalized spacial score (nSPS) is 17.0. The van der Waals surface area contributed by atoms with Crippen molar-refractivity contribution in [3.63, 3.8) is 0 Å². The van der Waals surface area contributed by atoms with Crippen molar-refractivity contribution in [3.8, 4) is 0 Å². The third-order valence-electron chi connectivity index (χ3n) is 3.47. The Morgan fingerprint density at radius 2 is 1.83 bits per heavy atom. The van der Waals surface area contributed by atoms with Crippen molar-refractivity contribution in [3.05, 3.63) is 35.9 Å². The lowest BCUT2D eigenvalue weighted by Gasteiger charge is -2.31. The van der Waals surface area contributed by atoms with Gasteiger partial charge in [-0.25, -0.2) is 0 Å². The Hall–Kier alpha value is -1.62. The fourth-order valence-corrected chi connectivity index (χ4v) is 3.15. The quantitative estimate of drug-likeness (QED) is 0.901. The summed E-state index contributed by atoms with van der Waals surface area (Å²) in [6.45, 7) is 2.07. The summed E-state index contributed by atoms with van der Waals surface area (Å²) in [6, 6.07) is 10.8. The molecular formula is C13H16N4S. The molecule has 0 radical (unpaired) electrons. The number of nitrogens with zero attached hydrogens (tertiary/aromatic N) is 3. The fraction of sp³-hybridized carbons (Fsp3) is 0.385. The number of hydrogen-bond donors (Lipinski definition) is 1. The van der Waals surface area contributed by atoms with Crippen LogP contribution >= 0.6 is 11.3 Å². The highest BCUT2D eigenvalue weighted by Crippen LogP contribution is 2.31. The van der Waals surface area contributed by atoms with Crippen LogP contribution in [0.2, 0.25) is 0 Å². The number of benzene rings is 1. The summed E-state index contributed by atoms with van der Waals surface area (Å²) in [4.78, 5) is 2.29. The average Bonchev–Trinajstić information content (AvgIpc) is 2.87. The van der Waals surface area contributed by atoms with Crippen molar-refractivity contribution in [2.75, 3.05) is 23.7 Å². The topological polar surface area (TPSA) is 55.0 Å². The van der Waals surface area contributed by atoms with E-state index >= 15 is 0 Å². The van der Waals surface area contributed by atoms with Gasteiger partial charge in [0.15, 0.2) is 0 Å². The molecule has 1 aromatic carbocycles. The van der Waals surface area contributed by atoms with Crippen LogP contribution in [0, 0.1) is 0 Å². The van der Waals surface area contributed by atoms with E-state index in [0.29, 0.717) is 11.0 Å². The van der Waals surface area contributed by atoms with Crippen molar-refractivity contribution >= 4 is 21.6 Å². The Bertz CT molecular complexity index is 503. The molecule has 0 atom stereocenters. The molecule has 3 rings (SSSR count). The standard InChI is InChI=1S/C13H16N4S/c14-12-15-16-13(18-12)17-8-6-11(7-9-17)10-4-2-1-3-5-10/h1-5,11H,6-9H2,(H2,14,15). The molecule has 0 spiro atoms. The lowest BCUT2D eigenvalue weighted by molar-refractivity contribution is 0.504. The Balaban J connectivity index is 1.65. The second-order valence-corrected chi connectivity index (χ2v) is 5.58. The van der Waals surface area contributed by atoms with Gasteiger partial charge in [0.1, 0.15) is 0 Å². The van der Waals surface area contributed by atoms with Crippen LogP contribution in [0.15, 0.2) is 30.3 Å². The van der Waals surface area contributed by atoms with E-state index in [0.717, 1.165) is 18.2 Å². The van der Waals surface area contributed by atoms with E-state index in [9.17, 15) is 0 Å². The first-order valence-corrected chi connectivity index (χ1v) is 7.03. The second-order valence-electron chi connectivity index (χ2n) is 4.59. The summed E-state index contributed by atoms with van der Waals surface area (Å²) in [7, 11) is 0. The van der Waals surface area contributed by atoms with Gasteiger partial charge in [0, 0.05) is 13.1 Å². The zero-order valence-corrected chi connectivity index (χ0v) is 10.9. The van der Waals surface area contributed by atoms with E-state index < -0.39 is 0 Å². The van der Waals surface area contributed by atoms with Crippen LogP contribution in [-0.4, -0.2) is 23.3 Å². The monoisotopic (exact) mass is 260 g/mol. The molecule has 0 amide bonds. The van der Waals surface area contributed by atoms with Crippen LogP contribution in [0.4, 0.5) is 10.3 Å². The molecule has 2 aromatic rings. The van der Waals surface area contributed by atoms with Crippen molar-refractivity contribution in [2.45, 2.75) is 18.8 Å². The molecule has 1 saturated heterocycles. The predicted molar refractivity (Wildman–Crippen MR) is 75.0 cm³/mol. The molecule has 2 heterocycles. The number of rotatable bonds is 2. The summed E-state index contributed by atoms with van der Waals surface area (Å²) < 4.78 is 0. The van der Waals surface area contributed by atoms with Crippen LogP contribution in [0.25, 0.3) is 0 Å². The summed E-state index contributed by atoms with van der Waals surface area (Å²) in [5, 5.41) is 9.49. The molecule has 5 heteroatoms. The maximum absolute atomic E-state index is 5.62. The van der Waals surface area contributed by atoms with Crippen molar-refractivity contribution in [2.24, 2.45) is 0 Å². The molecule has 18 heavy (non-hydrogen) atoms. The molecule has 0 saturated carbocycles. The number of anilines is 2. The zero-order chi connectivity index (χ0) is 12.4. The maximum atomic E-state index is 5.62. The summed E-state index contributed by atoms with van der Waals surface area (Å²) in [5.74, 6) is 0.674. The molecule has 1 aliphatic rings. The zero-order valence-electron chi connectivity index (χ0n) is 10.1. The van der Waals surface area contributed by atoms with Gasteiger partial charge in [-0.15, -0.1) is 10.2 Å². The number of aromatic nitrogens is 2. The van der Waals surface area contributed by atoms with E-state index in [-0.39, 0.29) is 0 Å². The molecule has 0 aliphatic carbocycles. The molecule has 94 valence electrons. The Labute approximate surface area is 110 Å². The molecule has 1 fully saturated rings. The summed E-state index contributed by atoms with van der Waals surface area (Å²) in [6.07, 6.45) is 2.34. The molecule has 1 aromatic heterocycles. The van der Waals surface area contributed by atoms with Gasteiger partial charge >= 0.3 is 0 Å². The minimum Gasteiger partial charge on any atom is -0.374 e. The first-order chi connectivity index (χ1) is 8.83. The van der Waals surface area contributed by atoms with E-state index in [2.05, 4.69) is 45.4 Å². The van der Waals surface area contributed by atoms with Crippen molar-refractivity contribution in [1.82, 2.24) is 10.2 Å². The van der Waals surface area contributed by atoms with Crippen LogP contribution in [-0.2, 0) is 0 Å². The van der Waals surface area contributed by atoms with Crippen molar-refractivity contribution < 1.29 is 0 Å². The Kier molecular flexibility index (Phi) is 3.15. The minimum atomic E-state index is 0.551. The lowest BCUT2D eigenvalue weighted by atomic mass is 9.90. The molecule has 2 N–H and O–H groups in total. The smallest absolute Gasteiger partial charge is 0.209 e. The number of nitrogens with two attached hydrogens (primary N) is 1. The van der Waals surface area contributed by atoms with Crippen molar-refractivity contribution in [1.29, 1.82) is 0 Å². The Morgan fingerprint density at radius 3 is 2.44 bits per heavy atom. The van der Waals surface area contributed by atoms with Gasteiger partial charge < -0.3 is 10.6 Å². The highest BCUT2D eigenvalue weighted by molar-refractivity contribution is 7.18. The number of hydrogen-bond acceptors (Lipinski definition) is 5. The van der Waals surface area contributed by atoms with E-state index in [4.69, 9.17) is 5.73 Å². The first-order valence-electron chi connectivity index (χ1n) is 6.22. The van der Waals surface area contributed by atoms with Crippen LogP contribution in [0.3, 0.4) is 0 Å². The third-order valence-corrected chi connectivity index (χ3v) is 4.28. The second kappa shape index (κ2) is 4.94. The summed E-state index contributed by atoms with van der Waals surface area (Å²) in [5.41, 5.74) is 7.07.